The van der Waals surface area contributed by atoms with Crippen LogP contribution in [-0.4, -0.2) is 30.0 Å². The normalized spacial score (nSPS) is 13.8. The largest absolute Gasteiger partial charge is 0.409 e. The van der Waals surface area contributed by atoms with Crippen molar-refractivity contribution in [2.24, 2.45) is 7.05 Å². The number of hydrogen-bond donors (Lipinski definition) is 0. The molecule has 2 rings (SSSR count). The highest BCUT2D eigenvalue weighted by Crippen LogP contribution is 2.40. The molecule has 1 heterocycles. The van der Waals surface area contributed by atoms with Gasteiger partial charge in [0.2, 0.25) is 10.0 Å². The van der Waals surface area contributed by atoms with Crippen molar-refractivity contribution in [3.05, 3.63) is 63.3 Å². The second-order valence-corrected chi connectivity index (χ2v) is 7.93. The smallest absolute Gasteiger partial charge is 0.317 e. The van der Waals surface area contributed by atoms with Crippen molar-refractivity contribution in [3.63, 3.8) is 0 Å². The molecule has 0 saturated heterocycles. The summed E-state index contributed by atoms with van der Waals surface area (Å²) in [4.78, 5) is 10.4. The third-order valence-corrected chi connectivity index (χ3v) is 6.02. The van der Waals surface area contributed by atoms with E-state index in [4.69, 9.17) is 11.6 Å². The Kier molecular flexibility index (Phi) is 6.03. The molecular formula is C16H15ClF4N2O3S. The van der Waals surface area contributed by atoms with Crippen molar-refractivity contribution in [1.82, 2.24) is 8.87 Å². The van der Waals surface area contributed by atoms with Gasteiger partial charge in [0.1, 0.15) is 16.8 Å². The van der Waals surface area contributed by atoms with E-state index >= 15 is 0 Å². The summed E-state index contributed by atoms with van der Waals surface area (Å²) in [5.74, 6) is -1.42. The van der Waals surface area contributed by atoms with Crippen LogP contribution in [0, 0.1) is 5.82 Å². The van der Waals surface area contributed by atoms with E-state index in [9.17, 15) is 30.8 Å². The minimum absolute atomic E-state index is 0.138. The predicted octanol–water partition coefficient (Wildman–Crippen LogP) is 3.49. The molecule has 5 nitrogen and oxygen atoms in total. The first kappa shape index (κ1) is 21.4. The average Bonchev–Trinajstić information content (AvgIpc) is 2.55. The van der Waals surface area contributed by atoms with Gasteiger partial charge in [-0.3, -0.25) is 4.79 Å². The number of aromatic nitrogens is 1. The van der Waals surface area contributed by atoms with E-state index in [1.165, 1.54) is 19.1 Å². The van der Waals surface area contributed by atoms with Gasteiger partial charge in [0.25, 0.3) is 5.56 Å². The molecule has 0 amide bonds. The Morgan fingerprint density at radius 3 is 2.26 bits per heavy atom. The summed E-state index contributed by atoms with van der Waals surface area (Å²) < 4.78 is 81.9. The van der Waals surface area contributed by atoms with Crippen molar-refractivity contribution < 1.29 is 26.0 Å². The molecule has 0 saturated carbocycles. The lowest BCUT2D eigenvalue weighted by Crippen LogP contribution is -2.42. The van der Waals surface area contributed by atoms with Gasteiger partial charge in [-0.15, -0.1) is 0 Å². The fourth-order valence-electron chi connectivity index (χ4n) is 2.55. The molecule has 2 aromatic rings. The summed E-state index contributed by atoms with van der Waals surface area (Å²) in [6, 6.07) is 2.35. The average molecular weight is 427 g/mol. The zero-order valence-corrected chi connectivity index (χ0v) is 15.7. The first-order valence-corrected chi connectivity index (χ1v) is 9.41. The van der Waals surface area contributed by atoms with Gasteiger partial charge in [-0.1, -0.05) is 30.7 Å². The third kappa shape index (κ3) is 4.33. The van der Waals surface area contributed by atoms with Crippen molar-refractivity contribution in [3.8, 4) is 0 Å². The van der Waals surface area contributed by atoms with Crippen LogP contribution >= 0.6 is 11.6 Å². The number of benzene rings is 1. The Labute approximate surface area is 157 Å². The maximum absolute atomic E-state index is 14.1. The molecule has 1 atom stereocenters. The molecule has 1 aromatic heterocycles. The molecule has 27 heavy (non-hydrogen) atoms. The second kappa shape index (κ2) is 7.61. The summed E-state index contributed by atoms with van der Waals surface area (Å²) in [5.41, 5.74) is -1.21. The Bertz CT molecular complexity index is 988. The Morgan fingerprint density at radius 1 is 1.22 bits per heavy atom. The molecule has 0 unspecified atom stereocenters. The van der Waals surface area contributed by atoms with E-state index < -0.39 is 45.1 Å². The first-order valence-electron chi connectivity index (χ1n) is 7.59. The van der Waals surface area contributed by atoms with Crippen LogP contribution in [0.2, 0.25) is 5.02 Å². The quantitative estimate of drug-likeness (QED) is 0.688. The lowest BCUT2D eigenvalue weighted by molar-refractivity contribution is -0.173. The number of rotatable bonds is 5. The van der Waals surface area contributed by atoms with Gasteiger partial charge in [-0.25, -0.2) is 12.8 Å². The predicted molar refractivity (Wildman–Crippen MR) is 91.5 cm³/mol. The van der Waals surface area contributed by atoms with Crippen LogP contribution in [0.5, 0.6) is 0 Å². The lowest BCUT2D eigenvalue weighted by Gasteiger charge is -2.32. The summed E-state index contributed by atoms with van der Waals surface area (Å²) in [6.45, 7) is 0.615. The fourth-order valence-corrected chi connectivity index (χ4v) is 4.39. The van der Waals surface area contributed by atoms with Crippen LogP contribution in [-0.2, 0) is 17.1 Å². The van der Waals surface area contributed by atoms with E-state index in [1.54, 1.807) is 0 Å². The summed E-state index contributed by atoms with van der Waals surface area (Å²) >= 11 is 5.69. The highest BCUT2D eigenvalue weighted by Gasteiger charge is 2.49. The molecule has 0 radical (unpaired) electrons. The maximum Gasteiger partial charge on any atom is 0.409 e. The van der Waals surface area contributed by atoms with Crippen molar-refractivity contribution in [2.45, 2.75) is 24.0 Å². The van der Waals surface area contributed by atoms with Gasteiger partial charge in [0.15, 0.2) is 0 Å². The molecule has 148 valence electrons. The van der Waals surface area contributed by atoms with Crippen LogP contribution in [0.3, 0.4) is 0 Å². The van der Waals surface area contributed by atoms with E-state index in [1.807, 2.05) is 0 Å². The first-order chi connectivity index (χ1) is 12.4. The monoisotopic (exact) mass is 426 g/mol. The molecule has 11 heteroatoms. The molecule has 0 spiro atoms. The number of nitrogens with zero attached hydrogens (tertiary/aromatic N) is 2. The molecule has 0 aliphatic carbocycles. The van der Waals surface area contributed by atoms with Crippen LogP contribution < -0.4 is 5.56 Å². The minimum Gasteiger partial charge on any atom is -0.317 e. The van der Waals surface area contributed by atoms with Gasteiger partial charge >= 0.3 is 6.18 Å². The summed E-state index contributed by atoms with van der Waals surface area (Å²) in [7, 11) is -3.75. The van der Waals surface area contributed by atoms with E-state index in [-0.39, 0.29) is 14.9 Å². The summed E-state index contributed by atoms with van der Waals surface area (Å²) in [6.07, 6.45) is -4.32. The van der Waals surface area contributed by atoms with Crippen LogP contribution in [0.4, 0.5) is 17.6 Å². The van der Waals surface area contributed by atoms with Gasteiger partial charge in [0.05, 0.1) is 0 Å². The van der Waals surface area contributed by atoms with Crippen LogP contribution in [0.1, 0.15) is 18.5 Å². The van der Waals surface area contributed by atoms with Crippen molar-refractivity contribution in [2.75, 3.05) is 6.54 Å². The van der Waals surface area contributed by atoms with Gasteiger partial charge in [-0.05, 0) is 17.7 Å². The highest BCUT2D eigenvalue weighted by atomic mass is 35.5. The van der Waals surface area contributed by atoms with Crippen LogP contribution in [0.25, 0.3) is 0 Å². The number of halogens is 5. The second-order valence-electron chi connectivity index (χ2n) is 5.64. The van der Waals surface area contributed by atoms with Gasteiger partial charge in [-0.2, -0.15) is 17.5 Å². The van der Waals surface area contributed by atoms with Gasteiger partial charge < -0.3 is 4.57 Å². The Morgan fingerprint density at radius 2 is 1.78 bits per heavy atom. The van der Waals surface area contributed by atoms with E-state index in [0.717, 1.165) is 23.7 Å². The maximum atomic E-state index is 14.1. The highest BCUT2D eigenvalue weighted by molar-refractivity contribution is 7.89. The van der Waals surface area contributed by atoms with E-state index in [0.29, 0.717) is 12.3 Å². The zero-order valence-electron chi connectivity index (χ0n) is 14.2. The van der Waals surface area contributed by atoms with Crippen molar-refractivity contribution >= 4 is 21.6 Å². The standard InChI is InChI=1S/C16H15ClF4N2O3S/c1-3-23(15(16(19,20)21)10-4-6-11(17)7-5-10)27(25,26)13-9-22(2)14(24)8-12(13)18/h4-9,15H,3H2,1-2H3/t15-/m1/s1. The van der Waals surface area contributed by atoms with Crippen LogP contribution in [0.15, 0.2) is 46.2 Å². The number of pyridine rings is 1. The lowest BCUT2D eigenvalue weighted by atomic mass is 10.1. The molecule has 0 aliphatic heterocycles. The number of sulfonamides is 1. The molecule has 0 N–H and O–H groups in total. The Balaban J connectivity index is 2.68. The number of alkyl halides is 3. The topological polar surface area (TPSA) is 59.4 Å². The SMILES string of the molecule is CCN([C@H](c1ccc(Cl)cc1)C(F)(F)F)S(=O)(=O)c1cn(C)c(=O)cc1F. The number of aryl methyl sites for hydroxylation is 1. The van der Waals surface area contributed by atoms with Gasteiger partial charge in [0, 0.05) is 30.9 Å². The number of hydrogen-bond acceptors (Lipinski definition) is 3. The summed E-state index contributed by atoms with van der Waals surface area (Å²) in [5, 5.41) is 0.176. The van der Waals surface area contributed by atoms with E-state index in [2.05, 4.69) is 0 Å². The van der Waals surface area contributed by atoms with Crippen molar-refractivity contribution in [1.29, 1.82) is 0 Å². The minimum atomic E-state index is -4.98. The fraction of sp³-hybridized carbons (Fsp3) is 0.312. The molecular weight excluding hydrogens is 412 g/mol. The Hall–Kier alpha value is -1.91. The molecule has 0 fully saturated rings. The third-order valence-electron chi connectivity index (χ3n) is 3.83. The molecule has 0 bridgehead atoms. The molecule has 1 aromatic carbocycles. The molecule has 0 aliphatic rings. The zero-order chi connectivity index (χ0) is 20.6.